The molecule has 5 heteroatoms. The lowest BCUT2D eigenvalue weighted by molar-refractivity contribution is 0.271. The van der Waals surface area contributed by atoms with Crippen molar-refractivity contribution in [1.82, 2.24) is 9.97 Å². The average Bonchev–Trinajstić information content (AvgIpc) is 3.22. The van der Waals surface area contributed by atoms with Gasteiger partial charge in [-0.3, -0.25) is 0 Å². The van der Waals surface area contributed by atoms with E-state index in [1.807, 2.05) is 20.9 Å². The Morgan fingerprint density at radius 2 is 2.00 bits per heavy atom. The Morgan fingerprint density at radius 1 is 1.33 bits per heavy atom. The smallest absolute Gasteiger partial charge is 0.136 e. The fourth-order valence-electron chi connectivity index (χ4n) is 1.91. The molecule has 2 rings (SSSR count). The summed E-state index contributed by atoms with van der Waals surface area (Å²) in [4.78, 5) is 9.15. The third kappa shape index (κ3) is 2.72. The molecule has 1 aromatic heterocycles. The van der Waals surface area contributed by atoms with E-state index >= 15 is 0 Å². The van der Waals surface area contributed by atoms with Crippen LogP contribution >= 0.6 is 0 Å². The Morgan fingerprint density at radius 3 is 2.50 bits per heavy atom. The lowest BCUT2D eigenvalue weighted by Gasteiger charge is -2.18. The molecule has 0 radical (unpaired) electrons. The lowest BCUT2D eigenvalue weighted by atomic mass is 10.2. The van der Waals surface area contributed by atoms with E-state index in [-0.39, 0.29) is 12.6 Å². The number of nitrogens with zero attached hydrogens (tertiary/aromatic N) is 2. The molecule has 0 aliphatic heterocycles. The zero-order valence-electron chi connectivity index (χ0n) is 11.3. The number of nitrogens with one attached hydrogen (secondary N) is 2. The van der Waals surface area contributed by atoms with Crippen LogP contribution in [0.15, 0.2) is 0 Å². The molecule has 3 N–H and O–H groups in total. The van der Waals surface area contributed by atoms with Crippen LogP contribution in [0.4, 0.5) is 11.6 Å². The van der Waals surface area contributed by atoms with E-state index in [2.05, 4.69) is 20.6 Å². The van der Waals surface area contributed by atoms with E-state index in [4.69, 9.17) is 0 Å². The first kappa shape index (κ1) is 13.1. The number of rotatable bonds is 6. The molecular weight excluding hydrogens is 228 g/mol. The molecule has 0 bridgehead atoms. The van der Waals surface area contributed by atoms with Crippen LogP contribution in [-0.2, 0) is 0 Å². The monoisotopic (exact) mass is 250 g/mol. The van der Waals surface area contributed by atoms with Gasteiger partial charge in [0.15, 0.2) is 0 Å². The second-order valence-corrected chi connectivity index (χ2v) is 4.86. The summed E-state index contributed by atoms with van der Waals surface area (Å²) in [7, 11) is 1.87. The number of aliphatic hydroxyl groups excluding tert-OH is 1. The van der Waals surface area contributed by atoms with Gasteiger partial charge in [-0.15, -0.1) is 0 Å². The summed E-state index contributed by atoms with van der Waals surface area (Å²) in [6.07, 6.45) is 3.24. The van der Waals surface area contributed by atoms with Gasteiger partial charge in [-0.25, -0.2) is 9.97 Å². The van der Waals surface area contributed by atoms with E-state index < -0.39 is 0 Å². The van der Waals surface area contributed by atoms with Crippen LogP contribution in [0.25, 0.3) is 0 Å². The van der Waals surface area contributed by atoms with Crippen LogP contribution in [0, 0.1) is 6.92 Å². The maximum atomic E-state index is 9.27. The maximum Gasteiger partial charge on any atom is 0.136 e. The predicted octanol–water partition coefficient (Wildman–Crippen LogP) is 1.89. The predicted molar refractivity (Wildman–Crippen MR) is 73.1 cm³/mol. The molecular formula is C13H22N4O. The highest BCUT2D eigenvalue weighted by molar-refractivity contribution is 5.57. The van der Waals surface area contributed by atoms with E-state index in [9.17, 15) is 5.11 Å². The van der Waals surface area contributed by atoms with E-state index in [1.54, 1.807) is 0 Å². The average molecular weight is 250 g/mol. The van der Waals surface area contributed by atoms with Gasteiger partial charge in [0.25, 0.3) is 0 Å². The Hall–Kier alpha value is -1.36. The highest BCUT2D eigenvalue weighted by Gasteiger charge is 2.28. The molecule has 1 saturated carbocycles. The molecule has 0 aromatic carbocycles. The van der Waals surface area contributed by atoms with E-state index in [1.165, 1.54) is 12.8 Å². The normalized spacial score (nSPS) is 16.4. The van der Waals surface area contributed by atoms with Crippen molar-refractivity contribution in [3.8, 4) is 0 Å². The van der Waals surface area contributed by atoms with Crippen LogP contribution < -0.4 is 10.6 Å². The Balaban J connectivity index is 2.28. The summed E-state index contributed by atoms with van der Waals surface area (Å²) in [5.74, 6) is 3.16. The van der Waals surface area contributed by atoms with Crippen LogP contribution in [0.5, 0.6) is 0 Å². The third-order valence-electron chi connectivity index (χ3n) is 3.40. The standard InChI is InChI=1S/C13H22N4O/c1-4-10(7-18)15-12-8(2)11(14-3)16-13(17-12)9-5-6-9/h9-10,18H,4-7H2,1-3H3,(H2,14,15,16,17). The van der Waals surface area contributed by atoms with Crippen molar-refractivity contribution in [3.63, 3.8) is 0 Å². The van der Waals surface area contributed by atoms with Crippen molar-refractivity contribution in [2.75, 3.05) is 24.3 Å². The first-order chi connectivity index (χ1) is 8.69. The van der Waals surface area contributed by atoms with Crippen LogP contribution in [-0.4, -0.2) is 34.8 Å². The number of anilines is 2. The van der Waals surface area contributed by atoms with E-state index in [0.29, 0.717) is 5.92 Å². The number of hydrogen-bond acceptors (Lipinski definition) is 5. The Labute approximate surface area is 108 Å². The van der Waals surface area contributed by atoms with Gasteiger partial charge < -0.3 is 15.7 Å². The van der Waals surface area contributed by atoms with Gasteiger partial charge in [-0.1, -0.05) is 6.92 Å². The Bertz CT molecular complexity index is 414. The summed E-state index contributed by atoms with van der Waals surface area (Å²) < 4.78 is 0. The number of aromatic nitrogens is 2. The highest BCUT2D eigenvalue weighted by Crippen LogP contribution is 2.39. The molecule has 1 aliphatic rings. The SMILES string of the molecule is CCC(CO)Nc1nc(C2CC2)nc(NC)c1C. The van der Waals surface area contributed by atoms with Gasteiger partial charge in [0.2, 0.25) is 0 Å². The molecule has 5 nitrogen and oxygen atoms in total. The van der Waals surface area contributed by atoms with Crippen molar-refractivity contribution < 1.29 is 5.11 Å². The molecule has 1 aromatic rings. The zero-order valence-corrected chi connectivity index (χ0v) is 11.3. The van der Waals surface area contributed by atoms with Gasteiger partial charge >= 0.3 is 0 Å². The van der Waals surface area contributed by atoms with Crippen molar-refractivity contribution in [3.05, 3.63) is 11.4 Å². The minimum Gasteiger partial charge on any atom is -0.394 e. The molecule has 18 heavy (non-hydrogen) atoms. The molecule has 100 valence electrons. The van der Waals surface area contributed by atoms with Crippen molar-refractivity contribution in [2.24, 2.45) is 0 Å². The first-order valence-corrected chi connectivity index (χ1v) is 6.63. The number of aliphatic hydroxyl groups is 1. The summed E-state index contributed by atoms with van der Waals surface area (Å²) in [5, 5.41) is 15.7. The maximum absolute atomic E-state index is 9.27. The minimum atomic E-state index is 0.0513. The quantitative estimate of drug-likeness (QED) is 0.719. The lowest BCUT2D eigenvalue weighted by Crippen LogP contribution is -2.24. The fourth-order valence-corrected chi connectivity index (χ4v) is 1.91. The molecule has 0 saturated heterocycles. The highest BCUT2D eigenvalue weighted by atomic mass is 16.3. The molecule has 0 spiro atoms. The second kappa shape index (κ2) is 5.52. The molecule has 1 atom stereocenters. The van der Waals surface area contributed by atoms with E-state index in [0.717, 1.165) is 29.4 Å². The molecule has 1 fully saturated rings. The van der Waals surface area contributed by atoms with Gasteiger partial charge in [0, 0.05) is 18.5 Å². The van der Waals surface area contributed by atoms with Crippen LogP contribution in [0.2, 0.25) is 0 Å². The van der Waals surface area contributed by atoms with Gasteiger partial charge in [0.1, 0.15) is 17.5 Å². The summed E-state index contributed by atoms with van der Waals surface area (Å²) in [5.41, 5.74) is 1.01. The summed E-state index contributed by atoms with van der Waals surface area (Å²) in [6, 6.07) is 0.0513. The van der Waals surface area contributed by atoms with Crippen LogP contribution in [0.3, 0.4) is 0 Å². The Kier molecular flexibility index (Phi) is 4.01. The fraction of sp³-hybridized carbons (Fsp3) is 0.692. The van der Waals surface area contributed by atoms with Crippen molar-refractivity contribution in [2.45, 2.75) is 45.1 Å². The molecule has 1 unspecified atom stereocenters. The first-order valence-electron chi connectivity index (χ1n) is 6.63. The van der Waals surface area contributed by atoms with Gasteiger partial charge in [0.05, 0.1) is 12.6 Å². The summed E-state index contributed by atoms with van der Waals surface area (Å²) >= 11 is 0. The van der Waals surface area contributed by atoms with Gasteiger partial charge in [-0.2, -0.15) is 0 Å². The summed E-state index contributed by atoms with van der Waals surface area (Å²) in [6.45, 7) is 4.16. The van der Waals surface area contributed by atoms with Gasteiger partial charge in [-0.05, 0) is 26.2 Å². The minimum absolute atomic E-state index is 0.0513. The zero-order chi connectivity index (χ0) is 13.1. The largest absolute Gasteiger partial charge is 0.394 e. The topological polar surface area (TPSA) is 70.1 Å². The second-order valence-electron chi connectivity index (χ2n) is 4.86. The van der Waals surface area contributed by atoms with Crippen molar-refractivity contribution >= 4 is 11.6 Å². The molecule has 0 amide bonds. The number of hydrogen-bond donors (Lipinski definition) is 3. The molecule has 1 heterocycles. The third-order valence-corrected chi connectivity index (χ3v) is 3.40. The molecule has 1 aliphatic carbocycles. The van der Waals surface area contributed by atoms with Crippen molar-refractivity contribution in [1.29, 1.82) is 0 Å². The van der Waals surface area contributed by atoms with Crippen LogP contribution in [0.1, 0.15) is 43.5 Å².